The SMILES string of the molecule is [2H]c1nc(C([2H])([2H])[S+]([O-])c2nc3nc(OC)ccc3n2[2H])c(C([2H])([2H])[2H])c(OC([2H])([2H])[2H])c1C([2H])([2H])[2H]. The second kappa shape index (κ2) is 6.66. The number of hydrogen-bond acceptors (Lipinski definition) is 6. The van der Waals surface area contributed by atoms with Crippen molar-refractivity contribution < 1.29 is 31.9 Å². The molecule has 1 atom stereocenters. The molecule has 3 aromatic heterocycles. The summed E-state index contributed by atoms with van der Waals surface area (Å²) in [5.74, 6) is -1.23. The molecule has 0 aromatic carbocycles. The van der Waals surface area contributed by atoms with E-state index in [9.17, 15) is 4.55 Å². The van der Waals surface area contributed by atoms with E-state index >= 15 is 0 Å². The van der Waals surface area contributed by atoms with Crippen molar-refractivity contribution in [2.75, 3.05) is 14.1 Å². The van der Waals surface area contributed by atoms with Gasteiger partial charge in [-0.3, -0.25) is 9.96 Å². The van der Waals surface area contributed by atoms with E-state index in [0.717, 1.165) is 0 Å². The number of aromatic nitrogens is 4. The van der Waals surface area contributed by atoms with E-state index in [1.165, 1.54) is 19.2 Å². The Balaban J connectivity index is 2.34. The molecule has 3 rings (SSSR count). The van der Waals surface area contributed by atoms with Crippen LogP contribution in [0, 0.1) is 13.7 Å². The maximum absolute atomic E-state index is 13.4. The largest absolute Gasteiger partial charge is 0.609 e. The standard InChI is InChI=1S/C16H18N4O3S/c1-9-7-17-12(10(2)14(9)23-4)8-24(21)16-18-11-5-6-13(22-3)19-15(11)20-16/h5-7H,8H2,1-4H3,(H,18,19,20)/i1D3,2D3,4D3,7D,8D2/hD. The molecule has 126 valence electrons. The molecule has 0 aliphatic heterocycles. The maximum atomic E-state index is 13.4. The van der Waals surface area contributed by atoms with Crippen molar-refractivity contribution >= 4 is 22.3 Å². The molecule has 7 nitrogen and oxygen atoms in total. The summed E-state index contributed by atoms with van der Waals surface area (Å²) in [6.07, 6.45) is -1.21. The van der Waals surface area contributed by atoms with Crippen LogP contribution in [0.3, 0.4) is 0 Å². The lowest BCUT2D eigenvalue weighted by atomic mass is 10.1. The summed E-state index contributed by atoms with van der Waals surface area (Å²) in [7, 11) is -2.09. The molecule has 0 aliphatic rings. The van der Waals surface area contributed by atoms with Crippen molar-refractivity contribution in [3.8, 4) is 11.6 Å². The van der Waals surface area contributed by atoms with Crippen LogP contribution < -0.4 is 9.47 Å². The Bertz CT molecular complexity index is 1340. The van der Waals surface area contributed by atoms with Crippen molar-refractivity contribution in [3.63, 3.8) is 0 Å². The highest BCUT2D eigenvalue weighted by Crippen LogP contribution is 2.26. The summed E-state index contributed by atoms with van der Waals surface area (Å²) in [6, 6.07) is 2.70. The van der Waals surface area contributed by atoms with Gasteiger partial charge in [-0.2, -0.15) is 9.97 Å². The molecule has 3 heterocycles. The van der Waals surface area contributed by atoms with Crippen molar-refractivity contribution in [1.82, 2.24) is 19.9 Å². The Morgan fingerprint density at radius 2 is 2.33 bits per heavy atom. The average molecular weight is 359 g/mol. The van der Waals surface area contributed by atoms with Gasteiger partial charge in [0, 0.05) is 42.8 Å². The molecule has 0 saturated heterocycles. The third-order valence-electron chi connectivity index (χ3n) is 2.88. The number of ether oxygens (including phenoxy) is 2. The topological polar surface area (TPSA) is 96.0 Å². The van der Waals surface area contributed by atoms with Gasteiger partial charge in [0.1, 0.15) is 5.75 Å². The zero-order valence-corrected chi connectivity index (χ0v) is 12.9. The summed E-state index contributed by atoms with van der Waals surface area (Å²) in [6.45, 7) is -6.72. The summed E-state index contributed by atoms with van der Waals surface area (Å²) < 4.78 is 125. The van der Waals surface area contributed by atoms with Crippen LogP contribution in [0.15, 0.2) is 23.5 Å². The fraction of sp³-hybridized carbons (Fsp3) is 0.312. The number of pyridine rings is 2. The zero-order valence-electron chi connectivity index (χ0n) is 25.1. The van der Waals surface area contributed by atoms with Crippen molar-refractivity contribution in [2.24, 2.45) is 0 Å². The Morgan fingerprint density at radius 1 is 1.42 bits per heavy atom. The van der Waals surface area contributed by atoms with Gasteiger partial charge in [0.15, 0.2) is 12.8 Å². The van der Waals surface area contributed by atoms with E-state index in [0.29, 0.717) is 4.98 Å². The van der Waals surface area contributed by atoms with Gasteiger partial charge >= 0.3 is 5.16 Å². The highest BCUT2D eigenvalue weighted by molar-refractivity contribution is 7.90. The van der Waals surface area contributed by atoms with Gasteiger partial charge in [-0.25, -0.2) is 0 Å². The number of imidazole rings is 1. The number of fused-ring (bicyclic) bond motifs is 1. The second-order valence-electron chi connectivity index (χ2n) is 4.33. The fourth-order valence-corrected chi connectivity index (χ4v) is 2.53. The average Bonchev–Trinajstić information content (AvgIpc) is 3.05. The molecule has 8 heteroatoms. The molecule has 0 aliphatic carbocycles. The van der Waals surface area contributed by atoms with Crippen LogP contribution in [0.25, 0.3) is 11.2 Å². The molecule has 3 aromatic rings. The van der Waals surface area contributed by atoms with E-state index in [1.807, 2.05) is 0 Å². The molecule has 0 saturated carbocycles. The van der Waals surface area contributed by atoms with Gasteiger partial charge in [-0.15, -0.1) is 0 Å². The number of H-pyrrole nitrogens is 1. The zero-order chi connectivity index (χ0) is 28.3. The minimum Gasteiger partial charge on any atom is -0.609 e. The lowest BCUT2D eigenvalue weighted by molar-refractivity contribution is 0.399. The van der Waals surface area contributed by atoms with Crippen LogP contribution in [-0.2, 0) is 16.9 Å². The van der Waals surface area contributed by atoms with Crippen LogP contribution in [0.5, 0.6) is 11.6 Å². The first-order chi connectivity index (χ1) is 16.7. The highest BCUT2D eigenvalue weighted by atomic mass is 32.2. The molecule has 24 heavy (non-hydrogen) atoms. The predicted octanol–water partition coefficient (Wildman–Crippen LogP) is 2.29. The fourth-order valence-electron chi connectivity index (χ4n) is 1.77. The lowest BCUT2D eigenvalue weighted by Gasteiger charge is -2.13. The van der Waals surface area contributed by atoms with Crippen molar-refractivity contribution in [1.29, 1.82) is 0 Å². The van der Waals surface area contributed by atoms with E-state index in [1.54, 1.807) is 0 Å². The van der Waals surface area contributed by atoms with Crippen molar-refractivity contribution in [2.45, 2.75) is 24.6 Å². The summed E-state index contributed by atoms with van der Waals surface area (Å²) in [4.78, 5) is 11.8. The molecule has 0 spiro atoms. The molecule has 0 bridgehead atoms. The minimum absolute atomic E-state index is 0.00527. The number of rotatable bonds is 5. The first kappa shape index (κ1) is 6.89. The number of nitrogens with zero attached hydrogens (tertiary/aromatic N) is 3. The van der Waals surface area contributed by atoms with Gasteiger partial charge < -0.3 is 14.0 Å². The van der Waals surface area contributed by atoms with Gasteiger partial charge in [0.05, 0.1) is 33.6 Å². The normalized spacial score (nSPS) is 22.5. The monoisotopic (exact) mass is 359 g/mol. The number of nitrogens with one attached hydrogen (secondary N) is 1. The third kappa shape index (κ3) is 3.02. The van der Waals surface area contributed by atoms with Gasteiger partial charge in [0.2, 0.25) is 5.88 Å². The minimum atomic E-state index is -3.44. The molecular formula is C16H18N4O3S. The highest BCUT2D eigenvalue weighted by Gasteiger charge is 2.21. The van der Waals surface area contributed by atoms with E-state index in [-0.39, 0.29) is 17.0 Å². The number of hydrogen-bond donors (Lipinski definition) is 1. The first-order valence-electron chi connectivity index (χ1n) is 12.7. The Hall–Kier alpha value is -2.32. The van der Waals surface area contributed by atoms with Crippen LogP contribution in [-0.4, -0.2) is 38.6 Å². The summed E-state index contributed by atoms with van der Waals surface area (Å²) >= 11 is -3.03. The van der Waals surface area contributed by atoms with Crippen LogP contribution >= 0.6 is 0 Å². The smallest absolute Gasteiger partial charge is 0.323 e. The lowest BCUT2D eigenvalue weighted by Crippen LogP contribution is -2.10. The molecule has 0 radical (unpaired) electrons. The van der Waals surface area contributed by atoms with Gasteiger partial charge in [-0.1, -0.05) is 0 Å². The number of aromatic amines is 1. The van der Waals surface area contributed by atoms with E-state index in [2.05, 4.69) is 19.7 Å². The molecule has 0 fully saturated rings. The molecular weight excluding hydrogens is 328 g/mol. The van der Waals surface area contributed by atoms with E-state index in [4.69, 9.17) is 22.6 Å². The van der Waals surface area contributed by atoms with Crippen LogP contribution in [0.2, 0.25) is 1.41 Å². The second-order valence-corrected chi connectivity index (χ2v) is 5.43. The molecule has 0 amide bonds. The van der Waals surface area contributed by atoms with Crippen molar-refractivity contribution in [3.05, 3.63) is 35.1 Å². The number of methoxy groups -OCH3 is 2. The molecule has 1 N–H and O–H groups in total. The van der Waals surface area contributed by atoms with Crippen LogP contribution in [0.1, 0.15) is 33.3 Å². The summed E-state index contributed by atoms with van der Waals surface area (Å²) in [5.41, 5.74) is -7.21. The van der Waals surface area contributed by atoms with Gasteiger partial charge in [0.25, 0.3) is 0 Å². The Kier molecular flexibility index (Phi) is 1.91. The maximum Gasteiger partial charge on any atom is 0.323 e. The Labute approximate surface area is 161 Å². The third-order valence-corrected chi connectivity index (χ3v) is 3.78. The molecule has 1 unspecified atom stereocenters. The van der Waals surface area contributed by atoms with E-state index < -0.39 is 71.5 Å². The summed E-state index contributed by atoms with van der Waals surface area (Å²) in [5, 5.41) is -0.733. The Morgan fingerprint density at radius 3 is 3.08 bits per heavy atom. The predicted molar refractivity (Wildman–Crippen MR) is 90.8 cm³/mol. The van der Waals surface area contributed by atoms with Crippen LogP contribution in [0.4, 0.5) is 0 Å². The first-order valence-corrected chi connectivity index (χ1v) is 7.44. The quantitative estimate of drug-likeness (QED) is 0.702. The van der Waals surface area contributed by atoms with Gasteiger partial charge in [-0.05, 0) is 19.8 Å².